The minimum atomic E-state index is 1.30. The van der Waals surface area contributed by atoms with E-state index in [2.05, 4.69) is 14.1 Å². The Kier molecular flexibility index (Phi) is 0.764. The lowest BCUT2D eigenvalue weighted by Gasteiger charge is -1.70. The van der Waals surface area contributed by atoms with E-state index >= 15 is 0 Å². The molecule has 1 heterocycles. The number of hydrogen-bond donors (Lipinski definition) is 2. The smallest absolute Gasteiger partial charge is 0.338 e. The highest BCUT2D eigenvalue weighted by Crippen LogP contribution is 1.70. The Morgan fingerprint density at radius 3 is 3.20 bits per heavy atom. The first-order valence-electron chi connectivity index (χ1n) is 1.14. The lowest BCUT2D eigenvalue weighted by atomic mass is 11.6. The van der Waals surface area contributed by atoms with E-state index in [4.69, 9.17) is 0 Å². The quantitative estimate of drug-likeness (QED) is 0.345. The lowest BCUT2D eigenvalue weighted by molar-refractivity contribution is -0.239. The van der Waals surface area contributed by atoms with E-state index in [0.29, 0.717) is 0 Å². The van der Waals surface area contributed by atoms with Crippen molar-refractivity contribution in [1.29, 1.82) is 0 Å². The van der Waals surface area contributed by atoms with Crippen molar-refractivity contribution < 1.29 is 9.24 Å². The number of hydrogen-bond acceptors (Lipinski definition) is 3. The molecule has 1 aliphatic heterocycles. The van der Waals surface area contributed by atoms with Gasteiger partial charge in [0, 0.05) is 0 Å². The van der Waals surface area contributed by atoms with Crippen molar-refractivity contribution in [2.45, 2.75) is 0 Å². The highest BCUT2D eigenvalue weighted by Gasteiger charge is 1.94. The van der Waals surface area contributed by atoms with Gasteiger partial charge in [-0.15, -0.1) is 4.40 Å². The Hall–Kier alpha value is -0.220. The lowest BCUT2D eigenvalue weighted by Crippen LogP contribution is -2.55. The van der Waals surface area contributed by atoms with Gasteiger partial charge in [-0.1, -0.05) is 0 Å². The molecule has 28 valence electrons. The monoisotopic (exact) mass is 91.0 g/mol. The van der Waals surface area contributed by atoms with Crippen LogP contribution < -0.4 is 9.28 Å². The fourth-order valence-electron chi connectivity index (χ4n) is 0.120. The van der Waals surface area contributed by atoms with Gasteiger partial charge in [-0.2, -0.15) is 0 Å². The summed E-state index contributed by atoms with van der Waals surface area (Å²) in [6.45, 7) is 0. The molecule has 0 saturated heterocycles. The molecule has 1 aliphatic rings. The van der Waals surface area contributed by atoms with Gasteiger partial charge in [0.25, 0.3) is 12.1 Å². The highest BCUT2D eigenvalue weighted by atomic mass is 32.2. The third-order valence-electron chi connectivity index (χ3n) is 0.256. The molecule has 2 N–H and O–H groups in total. The molecule has 0 atom stereocenters. The molecule has 0 aliphatic carbocycles. The highest BCUT2D eigenvalue weighted by molar-refractivity contribution is 7.90. The van der Waals surface area contributed by atoms with Gasteiger partial charge < -0.3 is 4.84 Å². The number of nitrogens with one attached hydrogen (secondary N) is 2. The zero-order valence-electron chi connectivity index (χ0n) is 2.39. The van der Waals surface area contributed by atoms with Gasteiger partial charge in [0.1, 0.15) is 0 Å². The van der Waals surface area contributed by atoms with Gasteiger partial charge in [0.05, 0.1) is 0 Å². The summed E-state index contributed by atoms with van der Waals surface area (Å²) in [6.07, 6.45) is 1.46. The van der Waals surface area contributed by atoms with E-state index in [-0.39, 0.29) is 0 Å². The average Bonchev–Trinajstić information content (AvgIpc) is 1.76. The molecular formula is CH3N2OS+. The van der Waals surface area contributed by atoms with Crippen molar-refractivity contribution in [2.75, 3.05) is 0 Å². The molecule has 0 amide bonds. The summed E-state index contributed by atoms with van der Waals surface area (Å²) in [5, 5.41) is 0. The van der Waals surface area contributed by atoms with E-state index in [1.54, 1.807) is 0 Å². The molecule has 0 aromatic carbocycles. The Balaban J connectivity index is 2.32. The zero-order valence-corrected chi connectivity index (χ0v) is 3.21. The van der Waals surface area contributed by atoms with E-state index in [1.165, 1.54) is 18.5 Å². The standard InChI is InChI=1S/CH2N2OS/c1-2-5-3-4-1/h1,3H/p+1. The SMILES string of the molecule is C1=[NH+]SNO1. The maximum atomic E-state index is 4.42. The Bertz CT molecular complexity index is 47.6. The molecule has 0 aromatic heterocycles. The Labute approximate surface area is 33.6 Å². The van der Waals surface area contributed by atoms with Crippen molar-refractivity contribution in [3.8, 4) is 0 Å². The van der Waals surface area contributed by atoms with Crippen LogP contribution in [0.25, 0.3) is 0 Å². The van der Waals surface area contributed by atoms with Gasteiger partial charge in [0.15, 0.2) is 0 Å². The van der Waals surface area contributed by atoms with Crippen molar-refractivity contribution >= 4 is 18.5 Å². The molecule has 0 radical (unpaired) electrons. The summed E-state index contributed by atoms with van der Waals surface area (Å²) in [5.41, 5.74) is 0. The van der Waals surface area contributed by atoms with Crippen LogP contribution in [0.2, 0.25) is 0 Å². The van der Waals surface area contributed by atoms with Crippen LogP contribution in [0.5, 0.6) is 0 Å². The molecule has 3 nitrogen and oxygen atoms in total. The van der Waals surface area contributed by atoms with E-state index in [1.807, 2.05) is 0 Å². The summed E-state index contributed by atoms with van der Waals surface area (Å²) in [6, 6.07) is 0. The molecule has 0 unspecified atom stereocenters. The van der Waals surface area contributed by atoms with Gasteiger partial charge in [-0.3, -0.25) is 0 Å². The second-order valence-electron chi connectivity index (χ2n) is 0.539. The van der Waals surface area contributed by atoms with Crippen LogP contribution in [-0.4, -0.2) is 6.40 Å². The van der Waals surface area contributed by atoms with Crippen LogP contribution in [0.4, 0.5) is 0 Å². The molecular weight excluding hydrogens is 88.1 g/mol. The first-order valence-corrected chi connectivity index (χ1v) is 1.95. The van der Waals surface area contributed by atoms with Crippen molar-refractivity contribution in [3.05, 3.63) is 0 Å². The van der Waals surface area contributed by atoms with Crippen LogP contribution in [0.1, 0.15) is 0 Å². The summed E-state index contributed by atoms with van der Waals surface area (Å²) in [7, 11) is 0. The Morgan fingerprint density at radius 2 is 3.00 bits per heavy atom. The molecule has 0 aromatic rings. The molecule has 0 fully saturated rings. The molecule has 1 rings (SSSR count). The van der Waals surface area contributed by atoms with E-state index in [9.17, 15) is 0 Å². The maximum absolute atomic E-state index is 4.42. The third kappa shape index (κ3) is 0.524. The van der Waals surface area contributed by atoms with Crippen LogP contribution >= 0.6 is 12.1 Å². The van der Waals surface area contributed by atoms with Crippen LogP contribution in [0.15, 0.2) is 0 Å². The minimum absolute atomic E-state index is 1.30. The predicted molar refractivity (Wildman–Crippen MR) is 18.8 cm³/mol. The van der Waals surface area contributed by atoms with Crippen LogP contribution in [0, 0.1) is 0 Å². The normalized spacial score (nSPS) is 19.2. The predicted octanol–water partition coefficient (Wildman–Crippen LogP) is -1.81. The zero-order chi connectivity index (χ0) is 3.54. The summed E-state index contributed by atoms with van der Waals surface area (Å²) < 4.78 is 2.68. The fourth-order valence-corrected chi connectivity index (χ4v) is 0.361. The van der Waals surface area contributed by atoms with Crippen molar-refractivity contribution in [2.24, 2.45) is 0 Å². The first-order chi connectivity index (χ1) is 2.50. The van der Waals surface area contributed by atoms with Gasteiger partial charge in [-0.05, 0) is 4.89 Å². The van der Waals surface area contributed by atoms with E-state index in [0.717, 1.165) is 0 Å². The topological polar surface area (TPSA) is 35.2 Å². The molecule has 4 heteroatoms. The summed E-state index contributed by atoms with van der Waals surface area (Å²) in [4.78, 5) is 6.89. The number of rotatable bonds is 0. The van der Waals surface area contributed by atoms with Crippen LogP contribution in [-0.2, 0) is 4.84 Å². The molecule has 5 heavy (non-hydrogen) atoms. The summed E-state index contributed by atoms with van der Waals surface area (Å²) >= 11 is 1.30. The third-order valence-corrected chi connectivity index (χ3v) is 0.649. The second kappa shape index (κ2) is 1.28. The average molecular weight is 91.1 g/mol. The minimum Gasteiger partial charge on any atom is -0.338 e. The largest absolute Gasteiger partial charge is 0.356 e. The van der Waals surface area contributed by atoms with Crippen molar-refractivity contribution in [1.82, 2.24) is 4.89 Å². The van der Waals surface area contributed by atoms with Gasteiger partial charge >= 0.3 is 6.40 Å². The van der Waals surface area contributed by atoms with Gasteiger partial charge in [0.2, 0.25) is 0 Å². The van der Waals surface area contributed by atoms with E-state index < -0.39 is 0 Å². The molecule has 0 spiro atoms. The molecule has 0 bridgehead atoms. The van der Waals surface area contributed by atoms with Crippen molar-refractivity contribution in [3.63, 3.8) is 0 Å². The molecule has 0 saturated carbocycles. The van der Waals surface area contributed by atoms with Crippen LogP contribution in [0.3, 0.4) is 0 Å². The first kappa shape index (κ1) is 2.99. The second-order valence-corrected chi connectivity index (χ2v) is 1.15. The van der Waals surface area contributed by atoms with Gasteiger partial charge in [-0.25, -0.2) is 0 Å². The maximum Gasteiger partial charge on any atom is 0.356 e. The Morgan fingerprint density at radius 1 is 2.00 bits per heavy atom. The fraction of sp³-hybridized carbons (Fsp3) is 0. The summed E-state index contributed by atoms with van der Waals surface area (Å²) in [5.74, 6) is 0.